The summed E-state index contributed by atoms with van der Waals surface area (Å²) in [6.45, 7) is 3.70. The highest BCUT2D eigenvalue weighted by atomic mass is 35.5. The summed E-state index contributed by atoms with van der Waals surface area (Å²) in [6, 6.07) is 13.8. The van der Waals surface area contributed by atoms with Gasteiger partial charge in [-0.25, -0.2) is 0 Å². The van der Waals surface area contributed by atoms with Gasteiger partial charge in [0.2, 0.25) is 5.91 Å². The SMILES string of the molecule is C=CCN1C(=O)/C(=C2/C(=O)N(CC(=O)Nc3cccc(Cl)c3)c3ccccc32)SC1=S. The third-order valence-electron chi connectivity index (χ3n) is 4.72. The molecule has 9 heteroatoms. The van der Waals surface area contributed by atoms with Gasteiger partial charge in [0, 0.05) is 22.8 Å². The van der Waals surface area contributed by atoms with Crippen molar-refractivity contribution < 1.29 is 14.4 Å². The van der Waals surface area contributed by atoms with Crippen molar-refractivity contribution in [1.82, 2.24) is 4.90 Å². The first-order valence-electron chi connectivity index (χ1n) is 9.26. The second-order valence-electron chi connectivity index (χ2n) is 6.74. The van der Waals surface area contributed by atoms with Crippen LogP contribution >= 0.6 is 35.6 Å². The Hall–Kier alpha value is -2.94. The molecule has 0 bridgehead atoms. The van der Waals surface area contributed by atoms with Crippen LogP contribution in [0.15, 0.2) is 66.1 Å². The van der Waals surface area contributed by atoms with E-state index in [9.17, 15) is 14.4 Å². The third-order valence-corrected chi connectivity index (χ3v) is 6.40. The summed E-state index contributed by atoms with van der Waals surface area (Å²) >= 11 is 12.4. The van der Waals surface area contributed by atoms with Crippen molar-refractivity contribution in [1.29, 1.82) is 0 Å². The van der Waals surface area contributed by atoms with Crippen molar-refractivity contribution in [3.05, 3.63) is 76.7 Å². The monoisotopic (exact) mass is 469 g/mol. The van der Waals surface area contributed by atoms with Crippen LogP contribution in [-0.4, -0.2) is 40.0 Å². The number of fused-ring (bicyclic) bond motifs is 1. The van der Waals surface area contributed by atoms with Gasteiger partial charge in [-0.3, -0.25) is 24.2 Å². The maximum Gasteiger partial charge on any atom is 0.267 e. The van der Waals surface area contributed by atoms with Crippen molar-refractivity contribution in [3.8, 4) is 0 Å². The number of nitrogens with one attached hydrogen (secondary N) is 1. The normalized spacial score (nSPS) is 17.9. The lowest BCUT2D eigenvalue weighted by Gasteiger charge is -2.17. The summed E-state index contributed by atoms with van der Waals surface area (Å²) in [6.07, 6.45) is 1.58. The van der Waals surface area contributed by atoms with E-state index in [0.717, 1.165) is 11.8 Å². The average Bonchev–Trinajstić information content (AvgIpc) is 3.16. The quantitative estimate of drug-likeness (QED) is 0.406. The van der Waals surface area contributed by atoms with Crippen molar-refractivity contribution in [2.45, 2.75) is 0 Å². The minimum atomic E-state index is -0.415. The molecule has 2 aliphatic rings. The van der Waals surface area contributed by atoms with E-state index >= 15 is 0 Å². The molecule has 3 amide bonds. The fourth-order valence-corrected chi connectivity index (χ4v) is 4.94. The lowest BCUT2D eigenvalue weighted by molar-refractivity contribution is -0.122. The molecule has 2 aliphatic heterocycles. The summed E-state index contributed by atoms with van der Waals surface area (Å²) in [5.41, 5.74) is 1.96. The lowest BCUT2D eigenvalue weighted by atomic mass is 10.1. The van der Waals surface area contributed by atoms with Crippen molar-refractivity contribution in [2.24, 2.45) is 0 Å². The van der Waals surface area contributed by atoms with E-state index in [-0.39, 0.29) is 35.4 Å². The van der Waals surface area contributed by atoms with Gasteiger partial charge < -0.3 is 5.32 Å². The zero-order valence-corrected chi connectivity index (χ0v) is 18.5. The van der Waals surface area contributed by atoms with Gasteiger partial charge in [-0.2, -0.15) is 0 Å². The second-order valence-corrected chi connectivity index (χ2v) is 8.82. The van der Waals surface area contributed by atoms with Crippen LogP contribution in [0.25, 0.3) is 5.57 Å². The molecule has 0 spiro atoms. The van der Waals surface area contributed by atoms with E-state index in [1.807, 2.05) is 0 Å². The Morgan fingerprint density at radius 2 is 1.90 bits per heavy atom. The molecule has 2 aromatic rings. The Labute approximate surface area is 193 Å². The summed E-state index contributed by atoms with van der Waals surface area (Å²) in [5.74, 6) is -1.13. The van der Waals surface area contributed by atoms with E-state index in [0.29, 0.717) is 26.3 Å². The van der Waals surface area contributed by atoms with Crippen molar-refractivity contribution in [3.63, 3.8) is 0 Å². The first-order chi connectivity index (χ1) is 14.9. The molecule has 2 heterocycles. The van der Waals surface area contributed by atoms with Gasteiger partial charge in [0.25, 0.3) is 11.8 Å². The molecule has 0 atom stereocenters. The number of para-hydroxylation sites is 1. The minimum Gasteiger partial charge on any atom is -0.324 e. The molecule has 1 fully saturated rings. The van der Waals surface area contributed by atoms with Gasteiger partial charge in [0.05, 0.1) is 16.2 Å². The Balaban J connectivity index is 1.65. The minimum absolute atomic E-state index is 0.210. The smallest absolute Gasteiger partial charge is 0.267 e. The number of benzene rings is 2. The van der Waals surface area contributed by atoms with Crippen LogP contribution in [-0.2, 0) is 14.4 Å². The fourth-order valence-electron chi connectivity index (χ4n) is 3.40. The molecule has 4 rings (SSSR count). The highest BCUT2D eigenvalue weighted by Crippen LogP contribution is 2.44. The molecule has 0 unspecified atom stereocenters. The van der Waals surface area contributed by atoms with Crippen LogP contribution in [0.2, 0.25) is 5.02 Å². The predicted octanol–water partition coefficient (Wildman–Crippen LogP) is 4.08. The topological polar surface area (TPSA) is 69.7 Å². The Bertz CT molecular complexity index is 1180. The van der Waals surface area contributed by atoms with Gasteiger partial charge in [-0.05, 0) is 24.3 Å². The number of anilines is 2. The number of halogens is 1. The number of thioether (sulfide) groups is 1. The van der Waals surface area contributed by atoms with E-state index < -0.39 is 5.91 Å². The fraction of sp³-hybridized carbons (Fsp3) is 0.0909. The van der Waals surface area contributed by atoms with Gasteiger partial charge in [0.15, 0.2) is 0 Å². The van der Waals surface area contributed by atoms with Crippen LogP contribution in [0.1, 0.15) is 5.56 Å². The molecular weight excluding hydrogens is 454 g/mol. The van der Waals surface area contributed by atoms with Crippen LogP contribution in [0.5, 0.6) is 0 Å². The van der Waals surface area contributed by atoms with E-state index in [2.05, 4.69) is 11.9 Å². The molecule has 0 radical (unpaired) electrons. The van der Waals surface area contributed by atoms with Gasteiger partial charge >= 0.3 is 0 Å². The van der Waals surface area contributed by atoms with Gasteiger partial charge in [0.1, 0.15) is 10.9 Å². The molecule has 0 aliphatic carbocycles. The first-order valence-corrected chi connectivity index (χ1v) is 10.9. The van der Waals surface area contributed by atoms with Gasteiger partial charge in [-0.1, -0.05) is 65.9 Å². The van der Waals surface area contributed by atoms with E-state index in [1.54, 1.807) is 54.6 Å². The van der Waals surface area contributed by atoms with Crippen molar-refractivity contribution >= 4 is 74.6 Å². The first kappa shape index (κ1) is 21.3. The molecule has 6 nitrogen and oxygen atoms in total. The zero-order valence-electron chi connectivity index (χ0n) is 16.1. The molecule has 156 valence electrons. The van der Waals surface area contributed by atoms with Crippen molar-refractivity contribution in [2.75, 3.05) is 23.3 Å². The zero-order chi connectivity index (χ0) is 22.1. The number of hydrogen-bond acceptors (Lipinski definition) is 5. The lowest BCUT2D eigenvalue weighted by Crippen LogP contribution is -2.35. The number of rotatable bonds is 5. The number of carbonyl (C=O) groups is 3. The second kappa shape index (κ2) is 8.66. The molecule has 31 heavy (non-hydrogen) atoms. The summed E-state index contributed by atoms with van der Waals surface area (Å²) in [5, 5.41) is 3.23. The van der Waals surface area contributed by atoms with Crippen LogP contribution in [0.3, 0.4) is 0 Å². The van der Waals surface area contributed by atoms with Crippen LogP contribution in [0.4, 0.5) is 11.4 Å². The Morgan fingerprint density at radius 1 is 1.13 bits per heavy atom. The number of nitrogens with zero attached hydrogens (tertiary/aromatic N) is 2. The largest absolute Gasteiger partial charge is 0.324 e. The summed E-state index contributed by atoms with van der Waals surface area (Å²) in [7, 11) is 0. The molecule has 1 saturated heterocycles. The molecule has 1 N–H and O–H groups in total. The number of thiocarbonyl (C=S) groups is 1. The predicted molar refractivity (Wildman–Crippen MR) is 128 cm³/mol. The number of carbonyl (C=O) groups excluding carboxylic acids is 3. The molecule has 0 aromatic heterocycles. The molecule has 2 aromatic carbocycles. The maximum absolute atomic E-state index is 13.3. The number of hydrogen-bond donors (Lipinski definition) is 1. The standard InChI is InChI=1S/C22H16ClN3O3S2/c1-2-10-25-21(29)19(31-22(25)30)18-15-8-3-4-9-16(15)26(20(18)28)12-17(27)24-14-7-5-6-13(23)11-14/h2-9,11H,1,10,12H2,(H,24,27)/b19-18-. The summed E-state index contributed by atoms with van der Waals surface area (Å²) < 4.78 is 0.370. The van der Waals surface area contributed by atoms with Crippen LogP contribution < -0.4 is 10.2 Å². The van der Waals surface area contributed by atoms with E-state index in [1.165, 1.54) is 9.80 Å². The highest BCUT2D eigenvalue weighted by Gasteiger charge is 2.42. The van der Waals surface area contributed by atoms with Crippen LogP contribution in [0, 0.1) is 0 Å². The van der Waals surface area contributed by atoms with E-state index in [4.69, 9.17) is 23.8 Å². The molecular formula is C22H16ClN3O3S2. The Morgan fingerprint density at radius 3 is 2.65 bits per heavy atom. The highest BCUT2D eigenvalue weighted by molar-refractivity contribution is 8.26. The van der Waals surface area contributed by atoms with Gasteiger partial charge in [-0.15, -0.1) is 6.58 Å². The third kappa shape index (κ3) is 4.01. The average molecular weight is 470 g/mol. The Kier molecular flexibility index (Phi) is 5.95. The molecule has 0 saturated carbocycles. The maximum atomic E-state index is 13.3. The number of amides is 3. The summed E-state index contributed by atoms with van der Waals surface area (Å²) in [4.78, 5) is 41.9.